The molecule has 39 heavy (non-hydrogen) atoms. The molecule has 0 unspecified atom stereocenters. The van der Waals surface area contributed by atoms with Crippen molar-refractivity contribution in [2.75, 3.05) is 50.7 Å². The van der Waals surface area contributed by atoms with E-state index >= 15 is 0 Å². The van der Waals surface area contributed by atoms with Gasteiger partial charge in [0.15, 0.2) is 0 Å². The number of aromatic nitrogens is 2. The quantitative estimate of drug-likeness (QED) is 0.235. The molecule has 2 atom stereocenters. The zero-order chi connectivity index (χ0) is 28.4. The van der Waals surface area contributed by atoms with Crippen LogP contribution >= 0.6 is 0 Å². The fourth-order valence-corrected chi connectivity index (χ4v) is 6.24. The fourth-order valence-electron chi connectivity index (χ4n) is 4.18. The van der Waals surface area contributed by atoms with E-state index in [4.69, 9.17) is 4.74 Å². The van der Waals surface area contributed by atoms with Crippen LogP contribution in [0.1, 0.15) is 12.1 Å². The summed E-state index contributed by atoms with van der Waals surface area (Å²) < 4.78 is 85.3. The third kappa shape index (κ3) is 7.16. The van der Waals surface area contributed by atoms with Gasteiger partial charge in [-0.25, -0.2) is 0 Å². The Labute approximate surface area is 230 Å². The molecule has 14 heteroatoms. The Morgan fingerprint density at radius 1 is 1.26 bits per heavy atom. The van der Waals surface area contributed by atoms with Crippen LogP contribution in [-0.4, -0.2) is 95.2 Å². The number of benzene rings is 1. The Kier molecular flexibility index (Phi) is 8.66. The van der Waals surface area contributed by atoms with Crippen molar-refractivity contribution >= 4 is 46.3 Å². The SMILES string of the molecule is COc1cc(S(C)(=O)=O)ccc1NCC#Cc1nn2c(N[C@@H]3CCN(C)C[C@@H]3F)cccc2c1[Se]C(F)(F)F. The zero-order valence-electron chi connectivity index (χ0n) is 21.3. The minimum atomic E-state index is -4.43. The van der Waals surface area contributed by atoms with Crippen molar-refractivity contribution in [2.24, 2.45) is 0 Å². The fraction of sp³-hybridized carbons (Fsp3) is 0.400. The summed E-state index contributed by atoms with van der Waals surface area (Å²) in [6.07, 6.45) is 0.490. The Hall–Kier alpha value is -2.98. The molecular weight excluding hydrogens is 605 g/mol. The Balaban J connectivity index is 1.61. The summed E-state index contributed by atoms with van der Waals surface area (Å²) in [5.74, 6) is 6.21. The van der Waals surface area contributed by atoms with Gasteiger partial charge in [0.05, 0.1) is 0 Å². The normalized spacial score (nSPS) is 18.4. The van der Waals surface area contributed by atoms with E-state index < -0.39 is 42.1 Å². The molecule has 2 aromatic heterocycles. The van der Waals surface area contributed by atoms with Gasteiger partial charge in [0, 0.05) is 0 Å². The minimum absolute atomic E-state index is 0.0112. The second kappa shape index (κ2) is 11.6. The molecule has 1 saturated heterocycles. The number of alkyl halides is 4. The molecule has 0 aliphatic carbocycles. The van der Waals surface area contributed by atoms with Crippen LogP contribution in [0.25, 0.3) is 5.52 Å². The number of fused-ring (bicyclic) bond motifs is 1. The molecule has 0 saturated carbocycles. The number of hydrogen-bond donors (Lipinski definition) is 2. The third-order valence-electron chi connectivity index (χ3n) is 6.08. The summed E-state index contributed by atoms with van der Waals surface area (Å²) in [6, 6.07) is 8.64. The van der Waals surface area contributed by atoms with E-state index in [2.05, 4.69) is 27.6 Å². The summed E-state index contributed by atoms with van der Waals surface area (Å²) >= 11 is -1.91. The van der Waals surface area contributed by atoms with E-state index in [1.54, 1.807) is 18.2 Å². The molecular formula is C25H27F4N5O3SSe. The Morgan fingerprint density at radius 2 is 2.03 bits per heavy atom. The molecule has 0 radical (unpaired) electrons. The molecule has 3 aromatic rings. The number of likely N-dealkylation sites (tertiary alicyclic amines) is 1. The van der Waals surface area contributed by atoms with Gasteiger partial charge in [-0.05, 0) is 0 Å². The molecule has 1 aromatic carbocycles. The molecule has 3 heterocycles. The van der Waals surface area contributed by atoms with E-state index in [1.807, 2.05) is 11.9 Å². The first kappa shape index (κ1) is 29.0. The van der Waals surface area contributed by atoms with E-state index in [9.17, 15) is 26.0 Å². The first-order chi connectivity index (χ1) is 18.4. The van der Waals surface area contributed by atoms with Crippen LogP contribution in [0.15, 0.2) is 41.3 Å². The summed E-state index contributed by atoms with van der Waals surface area (Å²) in [6.45, 7) is 0.993. The Morgan fingerprint density at radius 3 is 2.69 bits per heavy atom. The van der Waals surface area contributed by atoms with Gasteiger partial charge in [0.1, 0.15) is 0 Å². The number of rotatable bonds is 7. The number of hydrogen-bond acceptors (Lipinski definition) is 7. The van der Waals surface area contributed by atoms with Gasteiger partial charge in [0.2, 0.25) is 0 Å². The average Bonchev–Trinajstić information content (AvgIpc) is 3.19. The first-order valence-corrected chi connectivity index (χ1v) is 15.4. The number of sulfone groups is 1. The Bertz CT molecular complexity index is 1520. The van der Waals surface area contributed by atoms with Gasteiger partial charge in [0.25, 0.3) is 0 Å². The molecule has 2 N–H and O–H groups in total. The summed E-state index contributed by atoms with van der Waals surface area (Å²) in [5.41, 5.74) is 0.721. The molecule has 0 bridgehead atoms. The van der Waals surface area contributed by atoms with Crippen molar-refractivity contribution in [3.63, 3.8) is 0 Å². The van der Waals surface area contributed by atoms with Crippen LogP contribution in [0.2, 0.25) is 0 Å². The van der Waals surface area contributed by atoms with Crippen LogP contribution in [0.3, 0.4) is 0 Å². The van der Waals surface area contributed by atoms with Crippen LogP contribution < -0.4 is 19.8 Å². The van der Waals surface area contributed by atoms with E-state index in [-0.39, 0.29) is 39.4 Å². The van der Waals surface area contributed by atoms with E-state index in [0.29, 0.717) is 24.5 Å². The summed E-state index contributed by atoms with van der Waals surface area (Å²) in [4.78, 5) is 1.97. The van der Waals surface area contributed by atoms with Crippen molar-refractivity contribution in [3.05, 3.63) is 42.1 Å². The second-order valence-electron chi connectivity index (χ2n) is 9.04. The van der Waals surface area contributed by atoms with Crippen LogP contribution in [0, 0.1) is 11.8 Å². The van der Waals surface area contributed by atoms with E-state index in [1.165, 1.54) is 29.8 Å². The molecule has 210 valence electrons. The standard InChI is InChI=1S/C25H27F4N5O3SSe/c1-33-13-11-18(17(26)15-33)31-23-8-4-7-21-24(39-25(27,28)29)20(32-34(21)23)6-5-12-30-19-10-9-16(38(3,35)36)14-22(19)37-2/h4,7-10,14,17-18,30-31H,11-13,15H2,1-3H3/t17-,18+/m0/s1. The molecule has 4 rings (SSSR count). The van der Waals surface area contributed by atoms with E-state index in [0.717, 1.165) is 6.26 Å². The van der Waals surface area contributed by atoms with Gasteiger partial charge >= 0.3 is 230 Å². The van der Waals surface area contributed by atoms with Crippen LogP contribution in [0.4, 0.5) is 29.1 Å². The number of pyridine rings is 1. The number of anilines is 2. The van der Waals surface area contributed by atoms with Crippen molar-refractivity contribution in [1.29, 1.82) is 0 Å². The number of nitrogens with zero attached hydrogens (tertiary/aromatic N) is 3. The molecule has 0 spiro atoms. The first-order valence-electron chi connectivity index (χ1n) is 11.8. The van der Waals surface area contributed by atoms with Crippen LogP contribution in [0.5, 0.6) is 5.75 Å². The van der Waals surface area contributed by atoms with Gasteiger partial charge in [-0.2, -0.15) is 0 Å². The monoisotopic (exact) mass is 633 g/mol. The molecule has 1 aliphatic rings. The molecule has 1 aliphatic heterocycles. The van der Waals surface area contributed by atoms with Crippen molar-refractivity contribution < 1.29 is 30.7 Å². The maximum absolute atomic E-state index is 14.6. The zero-order valence-corrected chi connectivity index (χ0v) is 23.9. The van der Waals surface area contributed by atoms with Crippen molar-refractivity contribution in [2.45, 2.75) is 28.6 Å². The summed E-state index contributed by atoms with van der Waals surface area (Å²) in [7, 11) is -0.201. The second-order valence-corrected chi connectivity index (χ2v) is 13.3. The third-order valence-corrected chi connectivity index (χ3v) is 8.95. The van der Waals surface area contributed by atoms with Gasteiger partial charge in [-0.3, -0.25) is 0 Å². The average molecular weight is 633 g/mol. The molecule has 1 fully saturated rings. The maximum atomic E-state index is 14.6. The number of ether oxygens (including phenoxy) is 1. The number of halogens is 4. The number of methoxy groups -OCH3 is 1. The topological polar surface area (TPSA) is 88.0 Å². The van der Waals surface area contributed by atoms with Gasteiger partial charge in [-0.1, -0.05) is 0 Å². The molecule has 8 nitrogen and oxygen atoms in total. The number of piperidine rings is 1. The number of nitrogens with one attached hydrogen (secondary N) is 2. The van der Waals surface area contributed by atoms with Crippen LogP contribution in [-0.2, 0) is 9.84 Å². The van der Waals surface area contributed by atoms with Gasteiger partial charge in [-0.15, -0.1) is 0 Å². The van der Waals surface area contributed by atoms with Crippen molar-refractivity contribution in [3.8, 4) is 17.6 Å². The summed E-state index contributed by atoms with van der Waals surface area (Å²) in [5, 5.41) is 6.04. The molecule has 0 amide bonds. The predicted octanol–water partition coefficient (Wildman–Crippen LogP) is 2.51. The predicted molar refractivity (Wildman–Crippen MR) is 143 cm³/mol. The van der Waals surface area contributed by atoms with Gasteiger partial charge < -0.3 is 0 Å². The van der Waals surface area contributed by atoms with Crippen molar-refractivity contribution in [1.82, 2.24) is 14.5 Å².